The van der Waals surface area contributed by atoms with Gasteiger partial charge in [-0.2, -0.15) is 0 Å². The molecule has 0 radical (unpaired) electrons. The number of amides is 1. The minimum Gasteiger partial charge on any atom is -0.374 e. The number of ether oxygens (including phenoxy) is 1. The Morgan fingerprint density at radius 1 is 1.17 bits per heavy atom. The molecule has 4 heteroatoms. The smallest absolute Gasteiger partial charge is 0.264 e. The van der Waals surface area contributed by atoms with Gasteiger partial charge < -0.3 is 9.64 Å². The summed E-state index contributed by atoms with van der Waals surface area (Å²) in [5, 5.41) is 2.03. The molecule has 1 saturated carbocycles. The fourth-order valence-electron chi connectivity index (χ4n) is 3.91. The minimum absolute atomic E-state index is 0.181. The van der Waals surface area contributed by atoms with Crippen molar-refractivity contribution in [2.75, 3.05) is 13.2 Å². The van der Waals surface area contributed by atoms with Gasteiger partial charge in [-0.15, -0.1) is 11.3 Å². The predicted octanol–water partition coefficient (Wildman–Crippen LogP) is 4.51. The van der Waals surface area contributed by atoms with E-state index >= 15 is 0 Å². The Labute approximate surface area is 147 Å². The third-order valence-electron chi connectivity index (χ3n) is 5.22. The van der Waals surface area contributed by atoms with E-state index < -0.39 is 0 Å². The number of fused-ring (bicyclic) bond motifs is 1. The standard InChI is InChI=1S/C20H23NO2S/c1-14-6-8-15(9-7-14)16-10-13-24-19(16)20(22)21-11-12-23-18-5-3-2-4-17(18)21/h6-10,13,17-18H,2-5,11-12H2,1H3. The zero-order valence-corrected chi connectivity index (χ0v) is 14.8. The van der Waals surface area contributed by atoms with Crippen molar-refractivity contribution < 1.29 is 9.53 Å². The molecule has 1 aromatic carbocycles. The third kappa shape index (κ3) is 2.89. The Kier molecular flexibility index (Phi) is 4.42. The maximum atomic E-state index is 13.3. The molecule has 1 amide bonds. The van der Waals surface area contributed by atoms with Crippen molar-refractivity contribution in [2.24, 2.45) is 0 Å². The molecule has 2 fully saturated rings. The number of hydrogen-bond acceptors (Lipinski definition) is 3. The van der Waals surface area contributed by atoms with Crippen molar-refractivity contribution in [1.82, 2.24) is 4.90 Å². The van der Waals surface area contributed by atoms with Gasteiger partial charge in [0.2, 0.25) is 0 Å². The second-order valence-corrected chi connectivity index (χ2v) is 7.71. The molecule has 2 aromatic rings. The molecular formula is C20H23NO2S. The first-order chi connectivity index (χ1) is 11.7. The van der Waals surface area contributed by atoms with Crippen molar-refractivity contribution in [3.63, 3.8) is 0 Å². The first-order valence-corrected chi connectivity index (χ1v) is 9.69. The summed E-state index contributed by atoms with van der Waals surface area (Å²) in [4.78, 5) is 16.2. The number of carbonyl (C=O) groups is 1. The number of nitrogens with zero attached hydrogens (tertiary/aromatic N) is 1. The summed E-state index contributed by atoms with van der Waals surface area (Å²) in [5.41, 5.74) is 3.42. The lowest BCUT2D eigenvalue weighted by Crippen LogP contribution is -2.54. The highest BCUT2D eigenvalue weighted by Crippen LogP contribution is 2.34. The largest absolute Gasteiger partial charge is 0.374 e. The molecule has 2 unspecified atom stereocenters. The molecule has 1 saturated heterocycles. The van der Waals surface area contributed by atoms with Gasteiger partial charge in [0.15, 0.2) is 0 Å². The molecular weight excluding hydrogens is 318 g/mol. The van der Waals surface area contributed by atoms with E-state index in [1.54, 1.807) is 11.3 Å². The second-order valence-electron chi connectivity index (χ2n) is 6.79. The van der Waals surface area contributed by atoms with Crippen molar-refractivity contribution in [3.05, 3.63) is 46.2 Å². The second kappa shape index (κ2) is 6.69. The van der Waals surface area contributed by atoms with Crippen molar-refractivity contribution in [2.45, 2.75) is 44.8 Å². The zero-order chi connectivity index (χ0) is 16.5. The van der Waals surface area contributed by atoms with Gasteiger partial charge in [0.05, 0.1) is 23.6 Å². The molecule has 1 aliphatic carbocycles. The van der Waals surface area contributed by atoms with E-state index in [9.17, 15) is 4.79 Å². The lowest BCUT2D eigenvalue weighted by Gasteiger charge is -2.43. The van der Waals surface area contributed by atoms with E-state index in [1.807, 2.05) is 5.38 Å². The van der Waals surface area contributed by atoms with Gasteiger partial charge in [0.25, 0.3) is 5.91 Å². The van der Waals surface area contributed by atoms with Crippen LogP contribution in [0.4, 0.5) is 0 Å². The molecule has 1 aromatic heterocycles. The zero-order valence-electron chi connectivity index (χ0n) is 14.0. The number of carbonyl (C=O) groups excluding carboxylic acids is 1. The number of benzene rings is 1. The summed E-state index contributed by atoms with van der Waals surface area (Å²) in [5.74, 6) is 0.181. The maximum absolute atomic E-state index is 13.3. The van der Waals surface area contributed by atoms with Crippen LogP contribution in [0, 0.1) is 6.92 Å². The number of rotatable bonds is 2. The van der Waals surface area contributed by atoms with Crippen LogP contribution in [0.1, 0.15) is 40.9 Å². The number of thiophene rings is 1. The molecule has 1 aliphatic heterocycles. The van der Waals surface area contributed by atoms with Crippen molar-refractivity contribution >= 4 is 17.2 Å². The van der Waals surface area contributed by atoms with Gasteiger partial charge in [0, 0.05) is 12.1 Å². The quantitative estimate of drug-likeness (QED) is 0.804. The highest BCUT2D eigenvalue weighted by atomic mass is 32.1. The summed E-state index contributed by atoms with van der Waals surface area (Å²) in [6, 6.07) is 10.8. The Morgan fingerprint density at radius 3 is 2.79 bits per heavy atom. The van der Waals surface area contributed by atoms with E-state index in [0.29, 0.717) is 13.2 Å². The first-order valence-electron chi connectivity index (χ1n) is 8.81. The Bertz CT molecular complexity index is 719. The van der Waals surface area contributed by atoms with Gasteiger partial charge in [-0.1, -0.05) is 42.7 Å². The van der Waals surface area contributed by atoms with Crippen LogP contribution in [0.3, 0.4) is 0 Å². The van der Waals surface area contributed by atoms with Gasteiger partial charge >= 0.3 is 0 Å². The van der Waals surface area contributed by atoms with E-state index in [4.69, 9.17) is 4.74 Å². The molecule has 126 valence electrons. The molecule has 4 rings (SSSR count). The van der Waals surface area contributed by atoms with E-state index in [-0.39, 0.29) is 18.1 Å². The van der Waals surface area contributed by atoms with Gasteiger partial charge in [-0.3, -0.25) is 4.79 Å². The van der Waals surface area contributed by atoms with Crippen LogP contribution < -0.4 is 0 Å². The highest BCUT2D eigenvalue weighted by molar-refractivity contribution is 7.12. The molecule has 3 nitrogen and oxygen atoms in total. The minimum atomic E-state index is 0.181. The fourth-order valence-corrected chi connectivity index (χ4v) is 4.79. The van der Waals surface area contributed by atoms with Crippen LogP contribution in [0.5, 0.6) is 0 Å². The first kappa shape index (κ1) is 15.9. The number of aryl methyl sites for hydroxylation is 1. The molecule has 0 bridgehead atoms. The van der Waals surface area contributed by atoms with Crippen molar-refractivity contribution in [3.8, 4) is 11.1 Å². The lowest BCUT2D eigenvalue weighted by atomic mass is 9.90. The monoisotopic (exact) mass is 341 g/mol. The Hall–Kier alpha value is -1.65. The van der Waals surface area contributed by atoms with E-state index in [0.717, 1.165) is 28.8 Å². The van der Waals surface area contributed by atoms with Crippen LogP contribution in [0.2, 0.25) is 0 Å². The summed E-state index contributed by atoms with van der Waals surface area (Å²) in [7, 11) is 0. The van der Waals surface area contributed by atoms with Crippen LogP contribution in [-0.4, -0.2) is 36.1 Å². The summed E-state index contributed by atoms with van der Waals surface area (Å²) >= 11 is 1.56. The van der Waals surface area contributed by atoms with Crippen LogP contribution in [-0.2, 0) is 4.74 Å². The normalized spacial score (nSPS) is 23.8. The highest BCUT2D eigenvalue weighted by Gasteiger charge is 2.37. The van der Waals surface area contributed by atoms with Gasteiger partial charge in [-0.25, -0.2) is 0 Å². The third-order valence-corrected chi connectivity index (χ3v) is 6.12. The average Bonchev–Trinajstić information content (AvgIpc) is 3.11. The fraction of sp³-hybridized carbons (Fsp3) is 0.450. The van der Waals surface area contributed by atoms with Crippen LogP contribution >= 0.6 is 11.3 Å². The summed E-state index contributed by atoms with van der Waals surface area (Å²) in [6.45, 7) is 3.46. The van der Waals surface area contributed by atoms with Gasteiger partial charge in [0.1, 0.15) is 0 Å². The molecule has 0 N–H and O–H groups in total. The number of morpholine rings is 1. The maximum Gasteiger partial charge on any atom is 0.264 e. The SMILES string of the molecule is Cc1ccc(-c2ccsc2C(=O)N2CCOC3CCCCC32)cc1. The number of hydrogen-bond donors (Lipinski definition) is 0. The molecule has 0 spiro atoms. The van der Waals surface area contributed by atoms with Gasteiger partial charge in [-0.05, 0) is 36.8 Å². The average molecular weight is 341 g/mol. The molecule has 2 aliphatic rings. The Balaban J connectivity index is 1.63. The van der Waals surface area contributed by atoms with Crippen LogP contribution in [0.15, 0.2) is 35.7 Å². The summed E-state index contributed by atoms with van der Waals surface area (Å²) in [6.07, 6.45) is 4.81. The molecule has 24 heavy (non-hydrogen) atoms. The van der Waals surface area contributed by atoms with Crippen molar-refractivity contribution in [1.29, 1.82) is 0 Å². The molecule has 2 heterocycles. The lowest BCUT2D eigenvalue weighted by molar-refractivity contribution is -0.0751. The van der Waals surface area contributed by atoms with Crippen LogP contribution in [0.25, 0.3) is 11.1 Å². The Morgan fingerprint density at radius 2 is 1.96 bits per heavy atom. The molecule has 2 atom stereocenters. The van der Waals surface area contributed by atoms with E-state index in [2.05, 4.69) is 42.2 Å². The predicted molar refractivity (Wildman–Crippen MR) is 97.5 cm³/mol. The topological polar surface area (TPSA) is 29.5 Å². The van der Waals surface area contributed by atoms with E-state index in [1.165, 1.54) is 18.4 Å². The summed E-state index contributed by atoms with van der Waals surface area (Å²) < 4.78 is 5.92.